The van der Waals surface area contributed by atoms with Gasteiger partial charge >= 0.3 is 0 Å². The van der Waals surface area contributed by atoms with Crippen molar-refractivity contribution in [3.05, 3.63) is 54.9 Å². The molecule has 1 aromatic carbocycles. The van der Waals surface area contributed by atoms with Crippen LogP contribution in [0, 0.1) is 0 Å². The monoisotopic (exact) mass is 257 g/mol. The van der Waals surface area contributed by atoms with Gasteiger partial charge in [-0.1, -0.05) is 23.2 Å². The van der Waals surface area contributed by atoms with Gasteiger partial charge in [0, 0.05) is 31.9 Å². The first-order chi connectivity index (χ1) is 8.66. The molecular formula is C14H15N3S. The molecule has 2 aromatic rings. The highest BCUT2D eigenvalue weighted by atomic mass is 32.1. The van der Waals surface area contributed by atoms with E-state index < -0.39 is 0 Å². The van der Waals surface area contributed by atoms with Crippen LogP contribution in [0.1, 0.15) is 0 Å². The second-order valence-electron chi connectivity index (χ2n) is 4.09. The van der Waals surface area contributed by atoms with Gasteiger partial charge in [0.15, 0.2) is 10.9 Å². The van der Waals surface area contributed by atoms with Crippen molar-refractivity contribution in [2.45, 2.75) is 0 Å². The van der Waals surface area contributed by atoms with Crippen molar-refractivity contribution in [3.63, 3.8) is 0 Å². The Kier molecular flexibility index (Phi) is 3.89. The third kappa shape index (κ3) is 3.05. The molecule has 2 rings (SSSR count). The lowest BCUT2D eigenvalue weighted by atomic mass is 10.3. The largest absolute Gasteiger partial charge is 0.687 e. The number of nitrogens with zero attached hydrogens (tertiary/aromatic N) is 3. The summed E-state index contributed by atoms with van der Waals surface area (Å²) < 4.78 is 1.83. The molecular weight excluding hydrogens is 242 g/mol. The Labute approximate surface area is 113 Å². The lowest BCUT2D eigenvalue weighted by Crippen LogP contribution is -2.40. The quantitative estimate of drug-likeness (QED) is 0.355. The molecule has 92 valence electrons. The fourth-order valence-electron chi connectivity index (χ4n) is 1.51. The van der Waals surface area contributed by atoms with Crippen molar-refractivity contribution in [1.29, 1.82) is 0 Å². The van der Waals surface area contributed by atoms with E-state index in [4.69, 9.17) is 12.6 Å². The van der Waals surface area contributed by atoms with E-state index in [1.54, 1.807) is 0 Å². The highest BCUT2D eigenvalue weighted by molar-refractivity contribution is 7.76. The number of hydrogen-bond donors (Lipinski definition) is 0. The van der Waals surface area contributed by atoms with Crippen molar-refractivity contribution in [2.24, 2.45) is 4.99 Å². The minimum Gasteiger partial charge on any atom is -0.687 e. The lowest BCUT2D eigenvalue weighted by Gasteiger charge is -2.12. The van der Waals surface area contributed by atoms with Crippen LogP contribution in [0.4, 0.5) is 11.4 Å². The average Bonchev–Trinajstić information content (AvgIpc) is 2.40. The van der Waals surface area contributed by atoms with E-state index in [1.807, 2.05) is 78.4 Å². The van der Waals surface area contributed by atoms with Crippen molar-refractivity contribution in [1.82, 2.24) is 0 Å². The summed E-state index contributed by atoms with van der Waals surface area (Å²) >= 11 is 5.29. The van der Waals surface area contributed by atoms with Gasteiger partial charge in [0.05, 0.1) is 12.4 Å². The van der Waals surface area contributed by atoms with Gasteiger partial charge in [-0.05, 0) is 12.1 Å². The highest BCUT2D eigenvalue weighted by Crippen LogP contribution is 2.10. The Morgan fingerprint density at radius 3 is 2.22 bits per heavy atom. The van der Waals surface area contributed by atoms with Gasteiger partial charge in [-0.3, -0.25) is 0 Å². The standard InChI is InChI=1S/C14H15N3S/c1-16(2)13-8-10-17(11-9-13)14(18)15-12-6-4-3-5-7-12/h3-11H,1-2H3. The van der Waals surface area contributed by atoms with Crippen LogP contribution in [-0.4, -0.2) is 19.3 Å². The second-order valence-corrected chi connectivity index (χ2v) is 4.45. The van der Waals surface area contributed by atoms with E-state index in [2.05, 4.69) is 4.99 Å². The van der Waals surface area contributed by atoms with Crippen LogP contribution in [0.5, 0.6) is 0 Å². The Morgan fingerprint density at radius 2 is 1.67 bits per heavy atom. The molecule has 0 bridgehead atoms. The molecule has 0 aliphatic carbocycles. The molecule has 0 N–H and O–H groups in total. The van der Waals surface area contributed by atoms with E-state index in [9.17, 15) is 0 Å². The number of hydrogen-bond acceptors (Lipinski definition) is 3. The maximum Gasteiger partial charge on any atom is 0.186 e. The second kappa shape index (κ2) is 5.60. The van der Waals surface area contributed by atoms with Crippen molar-refractivity contribution >= 4 is 29.2 Å². The summed E-state index contributed by atoms with van der Waals surface area (Å²) in [5.74, 6) is 0. The summed E-state index contributed by atoms with van der Waals surface area (Å²) in [4.78, 5) is 6.43. The number of pyridine rings is 1. The molecule has 0 saturated heterocycles. The van der Waals surface area contributed by atoms with Crippen LogP contribution in [0.25, 0.3) is 0 Å². The van der Waals surface area contributed by atoms with E-state index in [1.165, 1.54) is 0 Å². The minimum absolute atomic E-state index is 0.534. The average molecular weight is 257 g/mol. The molecule has 0 unspecified atom stereocenters. The van der Waals surface area contributed by atoms with Gasteiger partial charge in [0.1, 0.15) is 0 Å². The number of benzene rings is 1. The summed E-state index contributed by atoms with van der Waals surface area (Å²) in [6, 6.07) is 13.7. The number of para-hydroxylation sites is 1. The van der Waals surface area contributed by atoms with Crippen LogP contribution >= 0.6 is 0 Å². The van der Waals surface area contributed by atoms with Gasteiger partial charge < -0.3 is 17.5 Å². The molecule has 0 saturated carbocycles. The molecule has 1 aromatic heterocycles. The normalized spacial score (nSPS) is 11.3. The number of aromatic nitrogens is 1. The predicted molar refractivity (Wildman–Crippen MR) is 77.3 cm³/mol. The molecule has 0 aliphatic heterocycles. The maximum absolute atomic E-state index is 5.29. The molecule has 0 atom stereocenters. The highest BCUT2D eigenvalue weighted by Gasteiger charge is 2.01. The third-order valence-corrected chi connectivity index (χ3v) is 2.83. The smallest absolute Gasteiger partial charge is 0.186 e. The molecule has 18 heavy (non-hydrogen) atoms. The molecule has 3 nitrogen and oxygen atoms in total. The molecule has 0 aliphatic rings. The van der Waals surface area contributed by atoms with Crippen LogP contribution in [0.2, 0.25) is 0 Å². The van der Waals surface area contributed by atoms with E-state index >= 15 is 0 Å². The van der Waals surface area contributed by atoms with Crippen LogP contribution in [-0.2, 0) is 12.6 Å². The van der Waals surface area contributed by atoms with Crippen LogP contribution in [0.3, 0.4) is 0 Å². The third-order valence-electron chi connectivity index (χ3n) is 2.53. The Hall–Kier alpha value is -1.94. The van der Waals surface area contributed by atoms with Gasteiger partial charge in [0.2, 0.25) is 0 Å². The van der Waals surface area contributed by atoms with Gasteiger partial charge in [-0.25, -0.2) is 4.57 Å². The predicted octanol–water partition coefficient (Wildman–Crippen LogP) is 2.12. The summed E-state index contributed by atoms with van der Waals surface area (Å²) in [5.41, 5.74) is 2.00. The molecule has 0 amide bonds. The van der Waals surface area contributed by atoms with Crippen molar-refractivity contribution < 1.29 is 4.57 Å². The zero-order valence-corrected chi connectivity index (χ0v) is 11.3. The summed E-state index contributed by atoms with van der Waals surface area (Å²) in [7, 11) is 4.01. The fourth-order valence-corrected chi connectivity index (χ4v) is 1.74. The van der Waals surface area contributed by atoms with Gasteiger partial charge in [-0.15, -0.1) is 0 Å². The Morgan fingerprint density at radius 1 is 1.06 bits per heavy atom. The number of aliphatic imine (C=N–C) groups is 1. The van der Waals surface area contributed by atoms with E-state index in [-0.39, 0.29) is 0 Å². The van der Waals surface area contributed by atoms with E-state index in [0.29, 0.717) is 5.17 Å². The fraction of sp³-hybridized carbons (Fsp3) is 0.143. The van der Waals surface area contributed by atoms with Crippen molar-refractivity contribution in [3.8, 4) is 0 Å². The SMILES string of the molecule is CN(C)c1cc[n+](C([S-])=Nc2ccccc2)cc1. The minimum atomic E-state index is 0.534. The van der Waals surface area contributed by atoms with Gasteiger partial charge in [-0.2, -0.15) is 0 Å². The first kappa shape index (κ1) is 12.5. The Balaban J connectivity index is 2.24. The first-order valence-corrected chi connectivity index (χ1v) is 6.07. The lowest BCUT2D eigenvalue weighted by molar-refractivity contribution is -0.549. The van der Waals surface area contributed by atoms with Gasteiger partial charge in [0.25, 0.3) is 0 Å². The topological polar surface area (TPSA) is 19.5 Å². The summed E-state index contributed by atoms with van der Waals surface area (Å²) in [5, 5.41) is 0.534. The van der Waals surface area contributed by atoms with Crippen LogP contribution < -0.4 is 9.47 Å². The molecule has 0 spiro atoms. The number of anilines is 1. The molecule has 0 radical (unpaired) electrons. The molecule has 4 heteroatoms. The first-order valence-electron chi connectivity index (χ1n) is 5.66. The molecule has 1 heterocycles. The maximum atomic E-state index is 5.29. The Bertz CT molecular complexity index is 533. The number of rotatable bonds is 2. The van der Waals surface area contributed by atoms with Crippen molar-refractivity contribution in [2.75, 3.05) is 19.0 Å². The summed E-state index contributed by atoms with van der Waals surface area (Å²) in [6.07, 6.45) is 3.84. The summed E-state index contributed by atoms with van der Waals surface area (Å²) in [6.45, 7) is 0. The van der Waals surface area contributed by atoms with E-state index in [0.717, 1.165) is 11.4 Å². The zero-order valence-electron chi connectivity index (χ0n) is 10.4. The zero-order chi connectivity index (χ0) is 13.0. The van der Waals surface area contributed by atoms with Crippen LogP contribution in [0.15, 0.2) is 59.9 Å². The molecule has 0 fully saturated rings.